The molecule has 0 aliphatic carbocycles. The second-order valence-corrected chi connectivity index (χ2v) is 5.44. The molecule has 0 radical (unpaired) electrons. The Labute approximate surface area is 120 Å². The highest BCUT2D eigenvalue weighted by molar-refractivity contribution is 7.17. The number of nitrogens with one attached hydrogen (secondary N) is 2. The number of H-pyrrole nitrogens is 1. The Hall–Kier alpha value is -2.34. The summed E-state index contributed by atoms with van der Waals surface area (Å²) in [5.74, 6) is 0. The van der Waals surface area contributed by atoms with E-state index in [4.69, 9.17) is 0 Å². The van der Waals surface area contributed by atoms with E-state index < -0.39 is 0 Å². The third-order valence-electron chi connectivity index (χ3n) is 3.06. The van der Waals surface area contributed by atoms with E-state index in [-0.39, 0.29) is 6.03 Å². The lowest BCUT2D eigenvalue weighted by molar-refractivity contribution is 0.221. The van der Waals surface area contributed by atoms with Gasteiger partial charge in [0.25, 0.3) is 0 Å². The molecule has 2 aromatic heterocycles. The molecule has 102 valence electrons. The van der Waals surface area contributed by atoms with Crippen LogP contribution in [0, 0.1) is 0 Å². The van der Waals surface area contributed by atoms with Crippen LogP contribution in [0.15, 0.2) is 42.0 Å². The highest BCUT2D eigenvalue weighted by atomic mass is 32.1. The number of anilines is 1. The molecular weight excluding hydrogens is 272 g/mol. The number of aromatic amines is 1. The van der Waals surface area contributed by atoms with Crippen molar-refractivity contribution in [2.75, 3.05) is 12.4 Å². The lowest BCUT2D eigenvalue weighted by Gasteiger charge is -2.17. The molecule has 0 unspecified atom stereocenters. The van der Waals surface area contributed by atoms with E-state index >= 15 is 0 Å². The summed E-state index contributed by atoms with van der Waals surface area (Å²) >= 11 is 1.70. The van der Waals surface area contributed by atoms with E-state index in [0.29, 0.717) is 12.2 Å². The summed E-state index contributed by atoms with van der Waals surface area (Å²) in [4.78, 5) is 13.7. The molecule has 2 amide bonds. The van der Waals surface area contributed by atoms with Crippen molar-refractivity contribution in [2.24, 2.45) is 0 Å². The Bertz CT molecular complexity index is 720. The van der Waals surface area contributed by atoms with Gasteiger partial charge < -0.3 is 10.2 Å². The van der Waals surface area contributed by atoms with Crippen molar-refractivity contribution >= 4 is 33.1 Å². The monoisotopic (exact) mass is 286 g/mol. The second-order valence-electron chi connectivity index (χ2n) is 4.53. The number of fused-ring (bicyclic) bond motifs is 1. The van der Waals surface area contributed by atoms with Crippen molar-refractivity contribution in [2.45, 2.75) is 6.54 Å². The molecule has 0 aliphatic rings. The van der Waals surface area contributed by atoms with Crippen LogP contribution in [0.2, 0.25) is 0 Å². The van der Waals surface area contributed by atoms with E-state index in [2.05, 4.69) is 33.0 Å². The molecule has 0 aliphatic heterocycles. The van der Waals surface area contributed by atoms with Gasteiger partial charge in [0.1, 0.15) is 0 Å². The van der Waals surface area contributed by atoms with Gasteiger partial charge in [-0.25, -0.2) is 4.79 Å². The van der Waals surface area contributed by atoms with Gasteiger partial charge in [-0.15, -0.1) is 11.3 Å². The lowest BCUT2D eigenvalue weighted by Crippen LogP contribution is -2.30. The first-order chi connectivity index (χ1) is 9.74. The number of amides is 2. The predicted molar refractivity (Wildman–Crippen MR) is 80.9 cm³/mol. The highest BCUT2D eigenvalue weighted by Gasteiger charge is 2.12. The predicted octanol–water partition coefficient (Wildman–Crippen LogP) is 3.29. The summed E-state index contributed by atoms with van der Waals surface area (Å²) in [5.41, 5.74) is 1.83. The van der Waals surface area contributed by atoms with Crippen molar-refractivity contribution < 1.29 is 4.79 Å². The molecule has 6 heteroatoms. The number of rotatable bonds is 3. The molecule has 3 rings (SSSR count). The van der Waals surface area contributed by atoms with Gasteiger partial charge in [-0.3, -0.25) is 5.10 Å². The second kappa shape index (κ2) is 5.34. The fourth-order valence-corrected chi connectivity index (χ4v) is 2.97. The van der Waals surface area contributed by atoms with Crippen molar-refractivity contribution in [3.05, 3.63) is 47.6 Å². The largest absolute Gasteiger partial charge is 0.323 e. The number of nitrogens with zero attached hydrogens (tertiary/aromatic N) is 2. The molecule has 0 atom stereocenters. The number of carbonyl (C=O) groups excluding carboxylic acids is 1. The zero-order chi connectivity index (χ0) is 13.9. The molecule has 2 N–H and O–H groups in total. The van der Waals surface area contributed by atoms with Crippen molar-refractivity contribution in [3.8, 4) is 0 Å². The van der Waals surface area contributed by atoms with Gasteiger partial charge >= 0.3 is 6.03 Å². The Morgan fingerprint density at radius 3 is 3.10 bits per heavy atom. The van der Waals surface area contributed by atoms with Gasteiger partial charge in [0.2, 0.25) is 0 Å². The third-order valence-corrected chi connectivity index (χ3v) is 4.08. The van der Waals surface area contributed by atoms with E-state index in [1.165, 1.54) is 10.1 Å². The van der Waals surface area contributed by atoms with Crippen molar-refractivity contribution in [1.82, 2.24) is 15.1 Å². The Kier molecular flexibility index (Phi) is 3.39. The van der Waals surface area contributed by atoms with Crippen LogP contribution in [0.3, 0.4) is 0 Å². The first kappa shape index (κ1) is 12.7. The fourth-order valence-electron chi connectivity index (χ4n) is 2.02. The van der Waals surface area contributed by atoms with Gasteiger partial charge in [0.05, 0.1) is 11.9 Å². The van der Waals surface area contributed by atoms with Gasteiger partial charge in [-0.05, 0) is 22.4 Å². The number of carbonyl (C=O) groups is 1. The SMILES string of the molecule is CN(Cc1csc2ccccc12)C(=O)Nc1cn[nH]c1. The van der Waals surface area contributed by atoms with Crippen LogP contribution in [0.25, 0.3) is 10.1 Å². The number of thiophene rings is 1. The zero-order valence-corrected chi connectivity index (χ0v) is 11.8. The molecule has 0 bridgehead atoms. The average Bonchev–Trinajstić information content (AvgIpc) is 3.09. The molecule has 0 saturated carbocycles. The van der Waals surface area contributed by atoms with E-state index in [0.717, 1.165) is 5.56 Å². The molecule has 1 aromatic carbocycles. The van der Waals surface area contributed by atoms with E-state index in [1.807, 2.05) is 12.1 Å². The Morgan fingerprint density at radius 2 is 2.30 bits per heavy atom. The summed E-state index contributed by atoms with van der Waals surface area (Å²) < 4.78 is 1.24. The Balaban J connectivity index is 1.72. The van der Waals surface area contributed by atoms with Gasteiger partial charge in [-0.1, -0.05) is 18.2 Å². The summed E-state index contributed by atoms with van der Waals surface area (Å²) in [6.45, 7) is 0.577. The maximum atomic E-state index is 12.0. The Morgan fingerprint density at radius 1 is 1.45 bits per heavy atom. The summed E-state index contributed by atoms with van der Waals surface area (Å²) in [6.07, 6.45) is 3.22. The molecule has 0 spiro atoms. The first-order valence-electron chi connectivity index (χ1n) is 6.20. The van der Waals surface area contributed by atoms with Crippen LogP contribution in [-0.4, -0.2) is 28.2 Å². The third kappa shape index (κ3) is 2.50. The summed E-state index contributed by atoms with van der Waals surface area (Å²) in [5, 5.41) is 12.5. The van der Waals surface area contributed by atoms with Crippen molar-refractivity contribution in [3.63, 3.8) is 0 Å². The fraction of sp³-hybridized carbons (Fsp3) is 0.143. The average molecular weight is 286 g/mol. The number of benzene rings is 1. The van der Waals surface area contributed by atoms with Crippen LogP contribution >= 0.6 is 11.3 Å². The maximum absolute atomic E-state index is 12.0. The molecule has 0 saturated heterocycles. The van der Waals surface area contributed by atoms with Gasteiger partial charge in [0.15, 0.2) is 0 Å². The maximum Gasteiger partial charge on any atom is 0.321 e. The topological polar surface area (TPSA) is 61.0 Å². The zero-order valence-electron chi connectivity index (χ0n) is 11.0. The minimum atomic E-state index is -0.151. The standard InChI is InChI=1S/C14H14N4OS/c1-18(14(19)17-11-6-15-16-7-11)8-10-9-20-13-5-3-2-4-12(10)13/h2-7,9H,8H2,1H3,(H,15,16)(H,17,19). The quantitative estimate of drug-likeness (QED) is 0.776. The lowest BCUT2D eigenvalue weighted by atomic mass is 10.2. The highest BCUT2D eigenvalue weighted by Crippen LogP contribution is 2.26. The summed E-state index contributed by atoms with van der Waals surface area (Å²) in [7, 11) is 1.78. The van der Waals surface area contributed by atoms with Crippen molar-refractivity contribution in [1.29, 1.82) is 0 Å². The van der Waals surface area contributed by atoms with Crippen LogP contribution in [0.1, 0.15) is 5.56 Å². The van der Waals surface area contributed by atoms with Crippen LogP contribution in [-0.2, 0) is 6.54 Å². The molecule has 0 fully saturated rings. The van der Waals surface area contributed by atoms with Crippen LogP contribution < -0.4 is 5.32 Å². The molecule has 2 heterocycles. The van der Waals surface area contributed by atoms with Crippen LogP contribution in [0.5, 0.6) is 0 Å². The minimum Gasteiger partial charge on any atom is -0.323 e. The first-order valence-corrected chi connectivity index (χ1v) is 7.08. The number of hydrogen-bond donors (Lipinski definition) is 2. The normalized spacial score (nSPS) is 10.7. The number of aromatic nitrogens is 2. The van der Waals surface area contributed by atoms with Gasteiger partial charge in [-0.2, -0.15) is 5.10 Å². The van der Waals surface area contributed by atoms with Gasteiger partial charge in [0, 0.05) is 24.5 Å². The molecule has 20 heavy (non-hydrogen) atoms. The molecule has 5 nitrogen and oxygen atoms in total. The summed E-state index contributed by atoms with van der Waals surface area (Å²) in [6, 6.07) is 8.07. The van der Waals surface area contributed by atoms with E-state index in [1.54, 1.807) is 35.7 Å². The number of urea groups is 1. The van der Waals surface area contributed by atoms with E-state index in [9.17, 15) is 4.79 Å². The number of hydrogen-bond acceptors (Lipinski definition) is 3. The molecular formula is C14H14N4OS. The molecule has 3 aromatic rings. The van der Waals surface area contributed by atoms with Crippen LogP contribution in [0.4, 0.5) is 10.5 Å². The minimum absolute atomic E-state index is 0.151. The smallest absolute Gasteiger partial charge is 0.321 e.